The average Bonchev–Trinajstić information content (AvgIpc) is 2.88. The van der Waals surface area contributed by atoms with Crippen molar-refractivity contribution in [2.45, 2.75) is 102 Å². The van der Waals surface area contributed by atoms with Gasteiger partial charge in [-0.2, -0.15) is 0 Å². The molecular weight excluding hydrogens is 430 g/mol. The lowest BCUT2D eigenvalue weighted by molar-refractivity contribution is -0.163. The van der Waals surface area contributed by atoms with Crippen LogP contribution in [0.2, 0.25) is 0 Å². The fraction of sp³-hybridized carbons (Fsp3) is 0.750. The Morgan fingerprint density at radius 1 is 1.09 bits per heavy atom. The van der Waals surface area contributed by atoms with Crippen LogP contribution in [0.5, 0.6) is 0 Å². The zero-order valence-electron chi connectivity index (χ0n) is 21.0. The molecule has 2 aliphatic carbocycles. The van der Waals surface area contributed by atoms with Crippen molar-refractivity contribution < 1.29 is 23.7 Å². The molecule has 1 aromatic carbocycles. The predicted molar refractivity (Wildman–Crippen MR) is 132 cm³/mol. The van der Waals surface area contributed by atoms with Crippen molar-refractivity contribution in [3.05, 3.63) is 35.9 Å². The maximum absolute atomic E-state index is 12.0. The highest BCUT2D eigenvalue weighted by molar-refractivity contribution is 5.74. The zero-order valence-corrected chi connectivity index (χ0v) is 21.0. The fourth-order valence-electron chi connectivity index (χ4n) is 6.08. The van der Waals surface area contributed by atoms with Gasteiger partial charge in [0.25, 0.3) is 0 Å². The van der Waals surface area contributed by atoms with Crippen LogP contribution in [-0.2, 0) is 30.3 Å². The van der Waals surface area contributed by atoms with Crippen molar-refractivity contribution in [3.63, 3.8) is 0 Å². The molecule has 6 heteroatoms. The van der Waals surface area contributed by atoms with E-state index in [2.05, 4.69) is 35.2 Å². The van der Waals surface area contributed by atoms with Crippen LogP contribution in [0.15, 0.2) is 30.3 Å². The van der Waals surface area contributed by atoms with Gasteiger partial charge in [-0.05, 0) is 63.4 Å². The molecule has 0 N–H and O–H groups in total. The quantitative estimate of drug-likeness (QED) is 0.458. The van der Waals surface area contributed by atoms with Crippen LogP contribution in [0.1, 0.15) is 70.3 Å². The van der Waals surface area contributed by atoms with E-state index in [-0.39, 0.29) is 18.2 Å². The summed E-state index contributed by atoms with van der Waals surface area (Å²) in [6.07, 6.45) is 10.3. The number of nitrogens with zero attached hydrogens (tertiary/aromatic N) is 1. The van der Waals surface area contributed by atoms with Crippen LogP contribution in [0, 0.1) is 5.92 Å². The molecule has 4 unspecified atom stereocenters. The summed E-state index contributed by atoms with van der Waals surface area (Å²) in [7, 11) is 1.43. The van der Waals surface area contributed by atoms with Gasteiger partial charge in [-0.3, -0.25) is 4.90 Å². The number of carbonyl (C=O) groups is 1. The van der Waals surface area contributed by atoms with Crippen LogP contribution < -0.4 is 0 Å². The molecule has 0 amide bonds. The van der Waals surface area contributed by atoms with E-state index in [9.17, 15) is 4.79 Å². The van der Waals surface area contributed by atoms with E-state index >= 15 is 0 Å². The second-order valence-electron chi connectivity index (χ2n) is 10.2. The van der Waals surface area contributed by atoms with E-state index in [4.69, 9.17) is 18.9 Å². The van der Waals surface area contributed by atoms with Crippen molar-refractivity contribution in [2.75, 3.05) is 26.9 Å². The van der Waals surface area contributed by atoms with Gasteiger partial charge in [-0.1, -0.05) is 43.2 Å². The minimum absolute atomic E-state index is 0.141. The molecule has 0 aromatic heterocycles. The highest BCUT2D eigenvalue weighted by Crippen LogP contribution is 2.33. The molecule has 34 heavy (non-hydrogen) atoms. The molecule has 0 spiro atoms. The highest BCUT2D eigenvalue weighted by atomic mass is 16.6. The zero-order chi connectivity index (χ0) is 23.8. The summed E-state index contributed by atoms with van der Waals surface area (Å²) in [6, 6.07) is 11.3. The molecule has 1 heterocycles. The lowest BCUT2D eigenvalue weighted by atomic mass is 9.84. The Bertz CT molecular complexity index is 736. The minimum Gasteiger partial charge on any atom is -0.467 e. The topological polar surface area (TPSA) is 57.2 Å². The Labute approximate surface area is 205 Å². The van der Waals surface area contributed by atoms with Gasteiger partial charge in [0.05, 0.1) is 32.0 Å². The van der Waals surface area contributed by atoms with Gasteiger partial charge < -0.3 is 18.9 Å². The molecular formula is C28H43NO5. The van der Waals surface area contributed by atoms with Gasteiger partial charge in [0.1, 0.15) is 0 Å². The van der Waals surface area contributed by atoms with E-state index in [1.165, 1.54) is 38.4 Å². The van der Waals surface area contributed by atoms with Gasteiger partial charge in [0.2, 0.25) is 0 Å². The SMILES string of the molecule is CCOC(CC1CCC(OCC2CN(Cc3ccccc3)C3CCCCC3O2)CC1)C(=O)OC. The number of ether oxygens (including phenoxy) is 4. The number of benzene rings is 1. The van der Waals surface area contributed by atoms with Crippen molar-refractivity contribution in [2.24, 2.45) is 5.92 Å². The molecule has 0 radical (unpaired) electrons. The lowest BCUT2D eigenvalue weighted by Crippen LogP contribution is -2.56. The maximum atomic E-state index is 12.0. The molecule has 1 aromatic rings. The Balaban J connectivity index is 1.24. The van der Waals surface area contributed by atoms with Crippen molar-refractivity contribution in [3.8, 4) is 0 Å². The molecule has 190 valence electrons. The largest absolute Gasteiger partial charge is 0.467 e. The first-order chi connectivity index (χ1) is 16.7. The van der Waals surface area contributed by atoms with Gasteiger partial charge in [-0.25, -0.2) is 4.79 Å². The molecule has 3 aliphatic rings. The second kappa shape index (κ2) is 13.0. The van der Waals surface area contributed by atoms with E-state index in [1.807, 2.05) is 6.92 Å². The van der Waals surface area contributed by atoms with Crippen molar-refractivity contribution >= 4 is 5.97 Å². The smallest absolute Gasteiger partial charge is 0.334 e. The van der Waals surface area contributed by atoms with Gasteiger partial charge >= 0.3 is 5.97 Å². The van der Waals surface area contributed by atoms with Crippen LogP contribution in [-0.4, -0.2) is 68.2 Å². The first-order valence-corrected chi connectivity index (χ1v) is 13.4. The number of esters is 1. The Morgan fingerprint density at radius 3 is 2.59 bits per heavy atom. The summed E-state index contributed by atoms with van der Waals surface area (Å²) in [4.78, 5) is 14.6. The number of hydrogen-bond donors (Lipinski definition) is 0. The Hall–Kier alpha value is -1.47. The number of hydrogen-bond acceptors (Lipinski definition) is 6. The van der Waals surface area contributed by atoms with Gasteiger partial charge in [0.15, 0.2) is 6.10 Å². The third-order valence-corrected chi connectivity index (χ3v) is 7.86. The monoisotopic (exact) mass is 473 g/mol. The van der Waals surface area contributed by atoms with E-state index in [1.54, 1.807) is 0 Å². The van der Waals surface area contributed by atoms with Crippen molar-refractivity contribution in [1.29, 1.82) is 0 Å². The number of methoxy groups -OCH3 is 1. The Morgan fingerprint density at radius 2 is 1.85 bits per heavy atom. The summed E-state index contributed by atoms with van der Waals surface area (Å²) in [5.74, 6) is 0.238. The summed E-state index contributed by atoms with van der Waals surface area (Å²) in [5, 5.41) is 0. The first-order valence-electron chi connectivity index (χ1n) is 13.4. The number of carbonyl (C=O) groups excluding carboxylic acids is 1. The molecule has 1 saturated heterocycles. The van der Waals surface area contributed by atoms with E-state index < -0.39 is 6.10 Å². The average molecular weight is 474 g/mol. The molecule has 4 rings (SSSR count). The lowest BCUT2D eigenvalue weighted by Gasteiger charge is -2.47. The van der Waals surface area contributed by atoms with Crippen LogP contribution >= 0.6 is 0 Å². The fourth-order valence-corrected chi connectivity index (χ4v) is 6.08. The molecule has 3 fully saturated rings. The standard InChI is InChI=1S/C28H43NO5/c1-3-32-27(28(30)31-2)17-21-13-15-23(16-14-21)33-20-24-19-29(18-22-9-5-4-6-10-22)25-11-7-8-12-26(25)34-24/h4-6,9-10,21,23-27H,3,7-8,11-20H2,1-2H3. The van der Waals surface area contributed by atoms with Gasteiger partial charge in [0, 0.05) is 25.7 Å². The van der Waals surface area contributed by atoms with Gasteiger partial charge in [-0.15, -0.1) is 0 Å². The van der Waals surface area contributed by atoms with E-state index in [0.717, 1.165) is 45.2 Å². The van der Waals surface area contributed by atoms with Crippen LogP contribution in [0.25, 0.3) is 0 Å². The first kappa shape index (κ1) is 25.6. The minimum atomic E-state index is -0.438. The van der Waals surface area contributed by atoms with Crippen molar-refractivity contribution in [1.82, 2.24) is 4.90 Å². The molecule has 4 atom stereocenters. The summed E-state index contributed by atoms with van der Waals surface area (Å²) in [5.41, 5.74) is 1.38. The highest BCUT2D eigenvalue weighted by Gasteiger charge is 2.38. The number of rotatable bonds is 10. The summed E-state index contributed by atoms with van der Waals surface area (Å²) >= 11 is 0. The third kappa shape index (κ3) is 7.03. The number of morpholine rings is 1. The molecule has 6 nitrogen and oxygen atoms in total. The molecule has 2 saturated carbocycles. The van der Waals surface area contributed by atoms with Crippen LogP contribution in [0.4, 0.5) is 0 Å². The summed E-state index contributed by atoms with van der Waals surface area (Å²) in [6.45, 7) is 5.07. The molecule has 0 bridgehead atoms. The maximum Gasteiger partial charge on any atom is 0.334 e. The predicted octanol–water partition coefficient (Wildman–Crippen LogP) is 4.74. The molecule has 1 aliphatic heterocycles. The third-order valence-electron chi connectivity index (χ3n) is 7.86. The summed E-state index contributed by atoms with van der Waals surface area (Å²) < 4.78 is 23.5. The van der Waals surface area contributed by atoms with E-state index in [0.29, 0.717) is 31.3 Å². The van der Waals surface area contributed by atoms with Crippen LogP contribution in [0.3, 0.4) is 0 Å². The number of fused-ring (bicyclic) bond motifs is 1. The normalized spacial score (nSPS) is 30.9. The second-order valence-corrected chi connectivity index (χ2v) is 10.2. The Kier molecular flexibility index (Phi) is 9.80.